The van der Waals surface area contributed by atoms with Crippen molar-refractivity contribution >= 4 is 13.9 Å². The lowest BCUT2D eigenvalue weighted by molar-refractivity contribution is 0.425. The van der Waals surface area contributed by atoms with Gasteiger partial charge in [-0.05, 0) is 57.0 Å². The summed E-state index contributed by atoms with van der Waals surface area (Å²) in [5.74, 6) is 0.467. The molecule has 0 saturated heterocycles. The molecule has 2 rings (SSSR count). The predicted octanol–water partition coefficient (Wildman–Crippen LogP) is 5.61. The molecule has 0 aliphatic carbocycles. The molecule has 0 radical (unpaired) electrons. The highest BCUT2D eigenvalue weighted by molar-refractivity contribution is 7.48. The molecule has 0 amide bonds. The van der Waals surface area contributed by atoms with Crippen LogP contribution in [0.3, 0.4) is 0 Å². The van der Waals surface area contributed by atoms with Crippen LogP contribution in [0.25, 0.3) is 0 Å². The van der Waals surface area contributed by atoms with E-state index in [0.29, 0.717) is 14.3 Å². The molecule has 0 heterocycles. The molecule has 26 heavy (non-hydrogen) atoms. The maximum atomic E-state index is 10.7. The van der Waals surface area contributed by atoms with Gasteiger partial charge in [-0.2, -0.15) is 0 Å². The molecular formula is C23H34NOP. The summed E-state index contributed by atoms with van der Waals surface area (Å²) in [7, 11) is 0.628. The van der Waals surface area contributed by atoms with E-state index in [4.69, 9.17) is 0 Å². The smallest absolute Gasteiger partial charge is 0.122 e. The summed E-state index contributed by atoms with van der Waals surface area (Å²) in [6, 6.07) is 14.9. The van der Waals surface area contributed by atoms with Crippen LogP contribution < -0.4 is 10.6 Å². The fraction of sp³-hybridized carbons (Fsp3) is 0.478. The largest absolute Gasteiger partial charge is 0.507 e. The number of nitrogens with one attached hydrogen (secondary N) is 1. The van der Waals surface area contributed by atoms with E-state index in [9.17, 15) is 5.11 Å². The van der Waals surface area contributed by atoms with E-state index in [1.54, 1.807) is 0 Å². The van der Waals surface area contributed by atoms with E-state index < -0.39 is 0 Å². The molecule has 0 aliphatic rings. The minimum Gasteiger partial charge on any atom is -0.507 e. The van der Waals surface area contributed by atoms with Gasteiger partial charge in [0.1, 0.15) is 5.75 Å². The Balaban J connectivity index is 2.41. The van der Waals surface area contributed by atoms with Crippen LogP contribution in [0.4, 0.5) is 0 Å². The standard InChI is InChI=1S/C23H34NOP/c1-7-23(8-2,19-14-11-12-17(3)21(19)25)26-20-15-10-9-13-18(20)16-24-22(4,5)6/h9-15,24-26H,7-8,16H2,1-6H3. The van der Waals surface area contributed by atoms with Gasteiger partial charge in [0, 0.05) is 22.8 Å². The molecular weight excluding hydrogens is 337 g/mol. The summed E-state index contributed by atoms with van der Waals surface area (Å²) >= 11 is 0. The second-order valence-electron chi connectivity index (χ2n) is 8.15. The SMILES string of the molecule is CCC(CC)(Pc1ccccc1CNC(C)(C)C)c1cccc(C)c1O. The number of rotatable bonds is 7. The molecule has 0 saturated carbocycles. The van der Waals surface area contributed by atoms with Gasteiger partial charge in [0.15, 0.2) is 0 Å². The van der Waals surface area contributed by atoms with Crippen molar-refractivity contribution in [2.24, 2.45) is 0 Å². The minimum atomic E-state index is -0.0199. The third-order valence-corrected chi connectivity index (χ3v) is 7.37. The van der Waals surface area contributed by atoms with E-state index in [1.807, 2.05) is 13.0 Å². The zero-order valence-electron chi connectivity index (χ0n) is 17.1. The number of para-hydroxylation sites is 1. The van der Waals surface area contributed by atoms with Gasteiger partial charge in [0.05, 0.1) is 0 Å². The van der Waals surface area contributed by atoms with Crippen LogP contribution in [0.2, 0.25) is 0 Å². The van der Waals surface area contributed by atoms with E-state index in [2.05, 4.69) is 76.3 Å². The lowest BCUT2D eigenvalue weighted by Crippen LogP contribution is -2.36. The van der Waals surface area contributed by atoms with Gasteiger partial charge in [0.2, 0.25) is 0 Å². The van der Waals surface area contributed by atoms with E-state index in [1.165, 1.54) is 10.9 Å². The first-order chi connectivity index (χ1) is 12.2. The number of phenols is 1. The quantitative estimate of drug-likeness (QED) is 0.620. The Kier molecular flexibility index (Phi) is 6.88. The van der Waals surface area contributed by atoms with Crippen LogP contribution in [0.5, 0.6) is 5.75 Å². The topological polar surface area (TPSA) is 32.3 Å². The molecule has 0 bridgehead atoms. The second-order valence-corrected chi connectivity index (χ2v) is 9.89. The van der Waals surface area contributed by atoms with Crippen LogP contribution in [-0.4, -0.2) is 10.6 Å². The fourth-order valence-electron chi connectivity index (χ4n) is 3.33. The average molecular weight is 372 g/mol. The van der Waals surface area contributed by atoms with Crippen LogP contribution >= 0.6 is 8.58 Å². The van der Waals surface area contributed by atoms with Gasteiger partial charge in [-0.15, -0.1) is 0 Å². The number of hydrogen-bond acceptors (Lipinski definition) is 2. The lowest BCUT2D eigenvalue weighted by atomic mass is 9.90. The lowest BCUT2D eigenvalue weighted by Gasteiger charge is -2.34. The van der Waals surface area contributed by atoms with E-state index in [0.717, 1.165) is 30.5 Å². The van der Waals surface area contributed by atoms with Gasteiger partial charge in [-0.3, -0.25) is 0 Å². The van der Waals surface area contributed by atoms with E-state index >= 15 is 0 Å². The van der Waals surface area contributed by atoms with Crippen LogP contribution in [0.1, 0.15) is 64.2 Å². The predicted molar refractivity (Wildman–Crippen MR) is 116 cm³/mol. The molecule has 1 unspecified atom stereocenters. The third kappa shape index (κ3) is 4.87. The molecule has 3 heteroatoms. The van der Waals surface area contributed by atoms with Crippen molar-refractivity contribution < 1.29 is 5.11 Å². The molecule has 0 aromatic heterocycles. The van der Waals surface area contributed by atoms with E-state index in [-0.39, 0.29) is 10.7 Å². The first kappa shape index (κ1) is 20.9. The second kappa shape index (κ2) is 8.55. The Bertz CT molecular complexity index is 729. The monoisotopic (exact) mass is 371 g/mol. The van der Waals surface area contributed by atoms with Crippen molar-refractivity contribution in [3.8, 4) is 5.75 Å². The summed E-state index contributed by atoms with van der Waals surface area (Å²) in [5, 5.41) is 15.7. The van der Waals surface area contributed by atoms with Crippen LogP contribution in [-0.2, 0) is 11.7 Å². The number of phenolic OH excluding ortho intramolecular Hbond substituents is 1. The highest BCUT2D eigenvalue weighted by atomic mass is 31.1. The van der Waals surface area contributed by atoms with Crippen molar-refractivity contribution in [2.45, 2.75) is 71.6 Å². The van der Waals surface area contributed by atoms with Gasteiger partial charge in [-0.1, -0.05) is 64.9 Å². The summed E-state index contributed by atoms with van der Waals surface area (Å²) < 4.78 is 0. The van der Waals surface area contributed by atoms with Crippen molar-refractivity contribution in [1.82, 2.24) is 5.32 Å². The highest BCUT2D eigenvalue weighted by Crippen LogP contribution is 2.50. The molecule has 2 N–H and O–H groups in total. The zero-order chi connectivity index (χ0) is 19.4. The van der Waals surface area contributed by atoms with Gasteiger partial charge < -0.3 is 10.4 Å². The highest BCUT2D eigenvalue weighted by Gasteiger charge is 2.32. The first-order valence-corrected chi connectivity index (χ1v) is 10.6. The summed E-state index contributed by atoms with van der Waals surface area (Å²) in [4.78, 5) is 0. The van der Waals surface area contributed by atoms with Gasteiger partial charge >= 0.3 is 0 Å². The number of aryl methyl sites for hydroxylation is 1. The zero-order valence-corrected chi connectivity index (χ0v) is 18.1. The van der Waals surface area contributed by atoms with Crippen LogP contribution in [0, 0.1) is 6.92 Å². The Labute approximate surface area is 161 Å². The van der Waals surface area contributed by atoms with Gasteiger partial charge in [0.25, 0.3) is 0 Å². The molecule has 1 atom stereocenters. The van der Waals surface area contributed by atoms with Crippen molar-refractivity contribution in [3.63, 3.8) is 0 Å². The van der Waals surface area contributed by atoms with Crippen molar-refractivity contribution in [1.29, 1.82) is 0 Å². The third-order valence-electron chi connectivity index (χ3n) is 5.16. The molecule has 2 aromatic carbocycles. The Morgan fingerprint density at radius 2 is 1.62 bits per heavy atom. The minimum absolute atomic E-state index is 0.0199. The molecule has 0 spiro atoms. The molecule has 2 aromatic rings. The number of aromatic hydroxyl groups is 1. The first-order valence-electron chi connectivity index (χ1n) is 9.62. The fourth-order valence-corrected chi connectivity index (χ4v) is 5.05. The van der Waals surface area contributed by atoms with Gasteiger partial charge in [-0.25, -0.2) is 0 Å². The molecule has 0 aliphatic heterocycles. The molecule has 142 valence electrons. The Hall–Kier alpha value is -1.37. The van der Waals surface area contributed by atoms with Crippen LogP contribution in [0.15, 0.2) is 42.5 Å². The molecule has 2 nitrogen and oxygen atoms in total. The summed E-state index contributed by atoms with van der Waals surface area (Å²) in [6.45, 7) is 13.9. The maximum Gasteiger partial charge on any atom is 0.122 e. The van der Waals surface area contributed by atoms with Crippen molar-refractivity contribution in [3.05, 3.63) is 59.2 Å². The summed E-state index contributed by atoms with van der Waals surface area (Å²) in [6.07, 6.45) is 2.03. The maximum absolute atomic E-state index is 10.7. The Morgan fingerprint density at radius 3 is 2.23 bits per heavy atom. The Morgan fingerprint density at radius 1 is 0.962 bits per heavy atom. The number of hydrogen-bond donors (Lipinski definition) is 2. The summed E-state index contributed by atoms with van der Waals surface area (Å²) in [5.41, 5.74) is 3.51. The normalized spacial score (nSPS) is 12.8. The number of benzene rings is 2. The van der Waals surface area contributed by atoms with Crippen molar-refractivity contribution in [2.75, 3.05) is 0 Å². The average Bonchev–Trinajstić information content (AvgIpc) is 2.61. The molecule has 0 fully saturated rings.